The average Bonchev–Trinajstić information content (AvgIpc) is 2.84. The first-order chi connectivity index (χ1) is 11.4. The van der Waals surface area contributed by atoms with Crippen molar-refractivity contribution in [3.8, 4) is 5.75 Å². The van der Waals surface area contributed by atoms with Crippen molar-refractivity contribution in [3.05, 3.63) is 39.4 Å². The van der Waals surface area contributed by atoms with Crippen LogP contribution in [0.15, 0.2) is 17.2 Å². The molecule has 6 heteroatoms. The highest BCUT2D eigenvalue weighted by atomic mass is 32.1. The van der Waals surface area contributed by atoms with Crippen LogP contribution in [0.25, 0.3) is 0 Å². The van der Waals surface area contributed by atoms with Gasteiger partial charge in [-0.15, -0.1) is 0 Å². The third kappa shape index (κ3) is 4.18. The molecular formula is C19H28N4OS. The average molecular weight is 361 g/mol. The Labute approximate surface area is 154 Å². The highest BCUT2D eigenvalue weighted by molar-refractivity contribution is 7.71. The number of phenols is 1. The highest BCUT2D eigenvalue weighted by Crippen LogP contribution is 2.39. The van der Waals surface area contributed by atoms with Crippen molar-refractivity contribution < 1.29 is 5.11 Å². The molecule has 0 unspecified atom stereocenters. The topological polar surface area (TPSA) is 66.2 Å². The maximum atomic E-state index is 10.8. The maximum Gasteiger partial charge on any atom is 0.216 e. The zero-order chi connectivity index (χ0) is 19.0. The first-order valence-electron chi connectivity index (χ1n) is 8.53. The van der Waals surface area contributed by atoms with Crippen molar-refractivity contribution in [1.82, 2.24) is 14.9 Å². The molecule has 0 radical (unpaired) electrons. The van der Waals surface area contributed by atoms with Gasteiger partial charge in [0.2, 0.25) is 4.77 Å². The summed E-state index contributed by atoms with van der Waals surface area (Å²) < 4.78 is 2.11. The molecule has 2 rings (SSSR count). The number of benzene rings is 1. The van der Waals surface area contributed by atoms with E-state index in [-0.39, 0.29) is 10.8 Å². The third-order valence-corrected chi connectivity index (χ3v) is 4.37. The van der Waals surface area contributed by atoms with Gasteiger partial charge in [-0.05, 0) is 40.7 Å². The zero-order valence-corrected chi connectivity index (χ0v) is 17.0. The second-order valence-electron chi connectivity index (χ2n) is 8.32. The minimum absolute atomic E-state index is 0.172. The molecule has 2 aromatic rings. The SMILES string of the molecule is CCc1n[nH]c(=S)n1/N=C/c1cc(C(C)(C)C)c(O)c(C(C)(C)C)c1. The summed E-state index contributed by atoms with van der Waals surface area (Å²) in [5.41, 5.74) is 2.40. The normalized spacial score (nSPS) is 12.9. The minimum atomic E-state index is -0.172. The molecule has 0 amide bonds. The minimum Gasteiger partial charge on any atom is -0.507 e. The van der Waals surface area contributed by atoms with Gasteiger partial charge >= 0.3 is 0 Å². The van der Waals surface area contributed by atoms with Gasteiger partial charge in [-0.3, -0.25) is 5.10 Å². The van der Waals surface area contributed by atoms with Crippen LogP contribution in [0, 0.1) is 4.77 Å². The highest BCUT2D eigenvalue weighted by Gasteiger charge is 2.26. The fourth-order valence-electron chi connectivity index (χ4n) is 2.67. The van der Waals surface area contributed by atoms with Crippen LogP contribution in [0.4, 0.5) is 0 Å². The van der Waals surface area contributed by atoms with Gasteiger partial charge in [0.1, 0.15) is 5.75 Å². The van der Waals surface area contributed by atoms with E-state index in [1.807, 2.05) is 19.1 Å². The first kappa shape index (κ1) is 19.4. The van der Waals surface area contributed by atoms with E-state index in [4.69, 9.17) is 12.2 Å². The van der Waals surface area contributed by atoms with E-state index >= 15 is 0 Å². The number of H-pyrrole nitrogens is 1. The van der Waals surface area contributed by atoms with Gasteiger partial charge in [0.25, 0.3) is 0 Å². The van der Waals surface area contributed by atoms with Gasteiger partial charge in [-0.25, -0.2) is 0 Å². The van der Waals surface area contributed by atoms with Gasteiger partial charge in [-0.2, -0.15) is 14.9 Å². The van der Waals surface area contributed by atoms with Crippen LogP contribution in [0.1, 0.15) is 71.0 Å². The number of aromatic amines is 1. The summed E-state index contributed by atoms with van der Waals surface area (Å²) >= 11 is 5.24. The lowest BCUT2D eigenvalue weighted by Gasteiger charge is -2.27. The Bertz CT molecular complexity index is 813. The van der Waals surface area contributed by atoms with Crippen molar-refractivity contribution >= 4 is 18.4 Å². The van der Waals surface area contributed by atoms with E-state index in [1.54, 1.807) is 10.9 Å². The van der Waals surface area contributed by atoms with Crippen LogP contribution in [0.3, 0.4) is 0 Å². The number of aromatic hydroxyl groups is 1. The molecule has 0 bridgehead atoms. The molecule has 1 aromatic heterocycles. The van der Waals surface area contributed by atoms with Crippen LogP contribution >= 0.6 is 12.2 Å². The Kier molecular flexibility index (Phi) is 5.23. The number of rotatable bonds is 3. The second kappa shape index (κ2) is 6.75. The number of hydrogen-bond acceptors (Lipinski definition) is 4. The summed E-state index contributed by atoms with van der Waals surface area (Å²) in [7, 11) is 0. The summed E-state index contributed by atoms with van der Waals surface area (Å²) in [6.45, 7) is 14.6. The van der Waals surface area contributed by atoms with Crippen LogP contribution in [0.2, 0.25) is 0 Å². The Balaban J connectivity index is 2.60. The number of hydrogen-bond donors (Lipinski definition) is 2. The van der Waals surface area contributed by atoms with E-state index in [0.29, 0.717) is 10.5 Å². The molecule has 1 aromatic carbocycles. The monoisotopic (exact) mass is 360 g/mol. The fraction of sp³-hybridized carbons (Fsp3) is 0.526. The number of nitrogens with zero attached hydrogens (tertiary/aromatic N) is 3. The summed E-state index contributed by atoms with van der Waals surface area (Å²) in [6.07, 6.45) is 2.51. The standard InChI is InChI=1S/C19H28N4OS/c1-8-15-21-22-17(25)23(15)20-11-12-9-13(18(2,3)4)16(24)14(10-12)19(5,6)7/h9-11,24H,8H2,1-7H3,(H,22,25)/b20-11+. The molecule has 0 spiro atoms. The van der Waals surface area contributed by atoms with E-state index in [2.05, 4.69) is 56.8 Å². The summed E-state index contributed by atoms with van der Waals surface area (Å²) in [5, 5.41) is 22.2. The Morgan fingerprint density at radius 2 is 1.68 bits per heavy atom. The molecule has 1 heterocycles. The third-order valence-electron chi connectivity index (χ3n) is 4.10. The van der Waals surface area contributed by atoms with Crippen LogP contribution < -0.4 is 0 Å². The molecule has 0 saturated heterocycles. The van der Waals surface area contributed by atoms with E-state index in [9.17, 15) is 5.11 Å². The van der Waals surface area contributed by atoms with Gasteiger partial charge in [0.05, 0.1) is 6.21 Å². The quantitative estimate of drug-likeness (QED) is 0.616. The number of aromatic nitrogens is 3. The number of aryl methyl sites for hydroxylation is 1. The first-order valence-corrected chi connectivity index (χ1v) is 8.94. The van der Waals surface area contributed by atoms with Crippen molar-refractivity contribution in [2.45, 2.75) is 65.7 Å². The Morgan fingerprint density at radius 1 is 1.16 bits per heavy atom. The van der Waals surface area contributed by atoms with Crippen LogP contribution in [-0.4, -0.2) is 26.2 Å². The molecular weight excluding hydrogens is 332 g/mol. The van der Waals surface area contributed by atoms with Crippen molar-refractivity contribution in [2.24, 2.45) is 5.10 Å². The molecule has 0 aliphatic carbocycles. The van der Waals surface area contributed by atoms with Crippen LogP contribution in [-0.2, 0) is 17.3 Å². The van der Waals surface area contributed by atoms with E-state index in [1.165, 1.54) is 0 Å². The molecule has 136 valence electrons. The lowest BCUT2D eigenvalue weighted by molar-refractivity contribution is 0.423. The zero-order valence-electron chi connectivity index (χ0n) is 16.1. The molecule has 0 aliphatic rings. The lowest BCUT2D eigenvalue weighted by Crippen LogP contribution is -2.18. The Hall–Kier alpha value is -1.95. The number of phenolic OH excluding ortho intramolecular Hbond substituents is 1. The largest absolute Gasteiger partial charge is 0.507 e. The maximum absolute atomic E-state index is 10.8. The van der Waals surface area contributed by atoms with Crippen molar-refractivity contribution in [3.63, 3.8) is 0 Å². The smallest absolute Gasteiger partial charge is 0.216 e. The predicted molar refractivity (Wildman–Crippen MR) is 105 cm³/mol. The fourth-order valence-corrected chi connectivity index (χ4v) is 2.87. The predicted octanol–water partition coefficient (Wildman–Crippen LogP) is 4.69. The summed E-state index contributed by atoms with van der Waals surface area (Å²) in [5.74, 6) is 1.15. The second-order valence-corrected chi connectivity index (χ2v) is 8.71. The van der Waals surface area contributed by atoms with E-state index in [0.717, 1.165) is 28.9 Å². The lowest BCUT2D eigenvalue weighted by atomic mass is 9.78. The van der Waals surface area contributed by atoms with Gasteiger partial charge < -0.3 is 5.11 Å². The summed E-state index contributed by atoms with van der Waals surface area (Å²) in [6, 6.07) is 3.98. The van der Waals surface area contributed by atoms with Gasteiger partial charge in [-0.1, -0.05) is 48.5 Å². The van der Waals surface area contributed by atoms with Crippen LogP contribution in [0.5, 0.6) is 5.75 Å². The van der Waals surface area contributed by atoms with Gasteiger partial charge in [0.15, 0.2) is 5.82 Å². The Morgan fingerprint density at radius 3 is 2.12 bits per heavy atom. The molecule has 5 nitrogen and oxygen atoms in total. The van der Waals surface area contributed by atoms with Crippen molar-refractivity contribution in [2.75, 3.05) is 0 Å². The number of nitrogens with one attached hydrogen (secondary N) is 1. The van der Waals surface area contributed by atoms with E-state index < -0.39 is 0 Å². The van der Waals surface area contributed by atoms with Gasteiger partial charge in [0, 0.05) is 17.5 Å². The molecule has 0 fully saturated rings. The molecule has 25 heavy (non-hydrogen) atoms. The molecule has 0 atom stereocenters. The molecule has 0 saturated carbocycles. The summed E-state index contributed by atoms with van der Waals surface area (Å²) in [4.78, 5) is 0. The molecule has 0 aliphatic heterocycles. The van der Waals surface area contributed by atoms with Crippen molar-refractivity contribution in [1.29, 1.82) is 0 Å². The molecule has 2 N–H and O–H groups in total.